The van der Waals surface area contributed by atoms with Crippen LogP contribution < -0.4 is 0 Å². The van der Waals surface area contributed by atoms with Gasteiger partial charge in [0.25, 0.3) is 0 Å². The molecule has 0 atom stereocenters. The zero-order valence-corrected chi connectivity index (χ0v) is 10.8. The standard InChI is InChI=1S/C14H20N2O/c1-4-5-14-15-12-8-10(2)11(3)9-13(12)16(14)6-7-17/h8-9,17H,4-7H2,1-3H3. The first-order chi connectivity index (χ1) is 8.17. The largest absolute Gasteiger partial charge is 0.395 e. The van der Waals surface area contributed by atoms with Crippen LogP contribution in [0.4, 0.5) is 0 Å². The lowest BCUT2D eigenvalue weighted by Crippen LogP contribution is -2.06. The Kier molecular flexibility index (Phi) is 3.48. The SMILES string of the molecule is CCCc1nc2cc(C)c(C)cc2n1CCO. The van der Waals surface area contributed by atoms with Crippen molar-refractivity contribution in [3.05, 3.63) is 29.1 Å². The van der Waals surface area contributed by atoms with Crippen molar-refractivity contribution < 1.29 is 5.11 Å². The second-order valence-electron chi connectivity index (χ2n) is 4.58. The minimum atomic E-state index is 0.162. The van der Waals surface area contributed by atoms with E-state index in [0.29, 0.717) is 6.54 Å². The Bertz CT molecular complexity index is 528. The maximum atomic E-state index is 9.17. The van der Waals surface area contributed by atoms with Crippen LogP contribution in [-0.2, 0) is 13.0 Å². The zero-order valence-electron chi connectivity index (χ0n) is 10.8. The van der Waals surface area contributed by atoms with E-state index in [1.807, 2.05) is 0 Å². The highest BCUT2D eigenvalue weighted by Gasteiger charge is 2.10. The number of benzene rings is 1. The van der Waals surface area contributed by atoms with Gasteiger partial charge in [-0.15, -0.1) is 0 Å². The van der Waals surface area contributed by atoms with E-state index < -0.39 is 0 Å². The van der Waals surface area contributed by atoms with Gasteiger partial charge in [0.2, 0.25) is 0 Å². The molecule has 0 fully saturated rings. The molecule has 0 bridgehead atoms. The molecule has 0 amide bonds. The molecule has 1 N–H and O–H groups in total. The normalized spacial score (nSPS) is 11.3. The van der Waals surface area contributed by atoms with Gasteiger partial charge in [-0.2, -0.15) is 0 Å². The van der Waals surface area contributed by atoms with E-state index in [1.54, 1.807) is 0 Å². The van der Waals surface area contributed by atoms with Crippen molar-refractivity contribution >= 4 is 11.0 Å². The average Bonchev–Trinajstić information content (AvgIpc) is 2.59. The van der Waals surface area contributed by atoms with Gasteiger partial charge in [0.1, 0.15) is 5.82 Å². The van der Waals surface area contributed by atoms with Crippen LogP contribution in [0.3, 0.4) is 0 Å². The van der Waals surface area contributed by atoms with Crippen molar-refractivity contribution in [1.82, 2.24) is 9.55 Å². The third-order valence-electron chi connectivity index (χ3n) is 3.24. The zero-order chi connectivity index (χ0) is 12.4. The quantitative estimate of drug-likeness (QED) is 0.880. The molecule has 2 aromatic rings. The van der Waals surface area contributed by atoms with Gasteiger partial charge in [-0.25, -0.2) is 4.98 Å². The predicted octanol–water partition coefficient (Wildman–Crippen LogP) is 2.60. The molecule has 0 aliphatic heterocycles. The second kappa shape index (κ2) is 4.88. The van der Waals surface area contributed by atoms with E-state index in [2.05, 4.69) is 42.5 Å². The summed E-state index contributed by atoms with van der Waals surface area (Å²) in [6.45, 7) is 7.17. The summed E-state index contributed by atoms with van der Waals surface area (Å²) in [5.74, 6) is 1.08. The van der Waals surface area contributed by atoms with Gasteiger partial charge < -0.3 is 9.67 Å². The molecule has 0 aliphatic rings. The number of nitrogens with zero attached hydrogens (tertiary/aromatic N) is 2. The highest BCUT2D eigenvalue weighted by atomic mass is 16.3. The highest BCUT2D eigenvalue weighted by Crippen LogP contribution is 2.21. The van der Waals surface area contributed by atoms with Crippen molar-refractivity contribution in [2.24, 2.45) is 0 Å². The summed E-state index contributed by atoms with van der Waals surface area (Å²) in [4.78, 5) is 4.67. The third-order valence-corrected chi connectivity index (χ3v) is 3.24. The predicted molar refractivity (Wildman–Crippen MR) is 70.3 cm³/mol. The molecular weight excluding hydrogens is 212 g/mol. The van der Waals surface area contributed by atoms with Crippen molar-refractivity contribution in [3.63, 3.8) is 0 Å². The number of aliphatic hydroxyl groups is 1. The highest BCUT2D eigenvalue weighted by molar-refractivity contribution is 5.78. The van der Waals surface area contributed by atoms with Gasteiger partial charge >= 0.3 is 0 Å². The molecule has 1 heterocycles. The van der Waals surface area contributed by atoms with E-state index in [0.717, 1.165) is 29.7 Å². The van der Waals surface area contributed by atoms with Crippen molar-refractivity contribution in [2.45, 2.75) is 40.2 Å². The molecule has 92 valence electrons. The number of aryl methyl sites for hydroxylation is 3. The molecule has 0 saturated heterocycles. The molecule has 0 saturated carbocycles. The Morgan fingerprint density at radius 3 is 2.59 bits per heavy atom. The lowest BCUT2D eigenvalue weighted by Gasteiger charge is -2.07. The fourth-order valence-corrected chi connectivity index (χ4v) is 2.19. The first-order valence-corrected chi connectivity index (χ1v) is 6.24. The minimum Gasteiger partial charge on any atom is -0.395 e. The average molecular weight is 232 g/mol. The maximum Gasteiger partial charge on any atom is 0.109 e. The Morgan fingerprint density at radius 1 is 1.24 bits per heavy atom. The number of imidazole rings is 1. The fourth-order valence-electron chi connectivity index (χ4n) is 2.19. The van der Waals surface area contributed by atoms with Gasteiger partial charge in [0, 0.05) is 13.0 Å². The Morgan fingerprint density at radius 2 is 1.94 bits per heavy atom. The van der Waals surface area contributed by atoms with Gasteiger partial charge in [-0.3, -0.25) is 0 Å². The molecule has 3 nitrogen and oxygen atoms in total. The van der Waals surface area contributed by atoms with Crippen LogP contribution in [0.15, 0.2) is 12.1 Å². The molecule has 0 spiro atoms. The lowest BCUT2D eigenvalue weighted by atomic mass is 10.1. The summed E-state index contributed by atoms with van der Waals surface area (Å²) in [6.07, 6.45) is 2.04. The van der Waals surface area contributed by atoms with Crippen LogP contribution in [0.1, 0.15) is 30.3 Å². The van der Waals surface area contributed by atoms with E-state index in [-0.39, 0.29) is 6.61 Å². The fraction of sp³-hybridized carbons (Fsp3) is 0.500. The summed E-state index contributed by atoms with van der Waals surface area (Å²) in [5.41, 5.74) is 4.74. The van der Waals surface area contributed by atoms with Crippen LogP contribution in [0.25, 0.3) is 11.0 Å². The number of aliphatic hydroxyl groups excluding tert-OH is 1. The number of hydrogen-bond acceptors (Lipinski definition) is 2. The second-order valence-corrected chi connectivity index (χ2v) is 4.58. The first kappa shape index (κ1) is 12.1. The van der Waals surface area contributed by atoms with Gasteiger partial charge in [-0.1, -0.05) is 6.92 Å². The van der Waals surface area contributed by atoms with E-state index in [4.69, 9.17) is 5.11 Å². The van der Waals surface area contributed by atoms with Crippen LogP contribution in [-0.4, -0.2) is 21.3 Å². The number of aromatic nitrogens is 2. The topological polar surface area (TPSA) is 38.0 Å². The third kappa shape index (κ3) is 2.20. The molecule has 0 radical (unpaired) electrons. The monoisotopic (exact) mass is 232 g/mol. The Hall–Kier alpha value is -1.35. The molecule has 1 aromatic carbocycles. The molecule has 0 unspecified atom stereocenters. The molecule has 2 rings (SSSR count). The summed E-state index contributed by atoms with van der Waals surface area (Å²) in [5, 5.41) is 9.17. The van der Waals surface area contributed by atoms with Crippen molar-refractivity contribution in [2.75, 3.05) is 6.61 Å². The minimum absolute atomic E-state index is 0.162. The van der Waals surface area contributed by atoms with Crippen LogP contribution in [0.2, 0.25) is 0 Å². The van der Waals surface area contributed by atoms with Crippen LogP contribution >= 0.6 is 0 Å². The number of fused-ring (bicyclic) bond motifs is 1. The van der Waals surface area contributed by atoms with E-state index in [1.165, 1.54) is 11.1 Å². The van der Waals surface area contributed by atoms with Gasteiger partial charge in [0.15, 0.2) is 0 Å². The molecule has 1 aromatic heterocycles. The summed E-state index contributed by atoms with van der Waals surface area (Å²) < 4.78 is 2.14. The van der Waals surface area contributed by atoms with Crippen molar-refractivity contribution in [1.29, 1.82) is 0 Å². The summed E-state index contributed by atoms with van der Waals surface area (Å²) >= 11 is 0. The van der Waals surface area contributed by atoms with Crippen LogP contribution in [0.5, 0.6) is 0 Å². The van der Waals surface area contributed by atoms with E-state index >= 15 is 0 Å². The Balaban J connectivity index is 2.62. The van der Waals surface area contributed by atoms with E-state index in [9.17, 15) is 0 Å². The molecule has 3 heteroatoms. The maximum absolute atomic E-state index is 9.17. The van der Waals surface area contributed by atoms with Crippen LogP contribution in [0, 0.1) is 13.8 Å². The molecule has 17 heavy (non-hydrogen) atoms. The van der Waals surface area contributed by atoms with Crippen molar-refractivity contribution in [3.8, 4) is 0 Å². The van der Waals surface area contributed by atoms with Gasteiger partial charge in [0.05, 0.1) is 17.6 Å². The molecular formula is C14H20N2O. The smallest absolute Gasteiger partial charge is 0.109 e. The number of hydrogen-bond donors (Lipinski definition) is 1. The van der Waals surface area contributed by atoms with Gasteiger partial charge in [-0.05, 0) is 43.5 Å². The number of rotatable bonds is 4. The lowest BCUT2D eigenvalue weighted by molar-refractivity contribution is 0.276. The first-order valence-electron chi connectivity index (χ1n) is 6.24. The summed E-state index contributed by atoms with van der Waals surface area (Å²) in [7, 11) is 0. The Labute approximate surface area is 102 Å². The molecule has 0 aliphatic carbocycles. The summed E-state index contributed by atoms with van der Waals surface area (Å²) in [6, 6.07) is 4.31.